The Balaban J connectivity index is 1.56. The molecule has 1 aromatic rings. The zero-order chi connectivity index (χ0) is 14.2. The van der Waals surface area contributed by atoms with Gasteiger partial charge in [-0.3, -0.25) is 0 Å². The number of hydrogen-bond donors (Lipinski definition) is 1. The first-order chi connectivity index (χ1) is 9.61. The standard InChI is InChI=1S/C18H27NO/c1-4-20-17-11-16(18(17,2)3)19-12-13-8-9-14-6-5-7-15(14)10-13/h8-10,16-17,19H,4-7,11-12H2,1-3H3. The van der Waals surface area contributed by atoms with Crippen molar-refractivity contribution in [1.29, 1.82) is 0 Å². The summed E-state index contributed by atoms with van der Waals surface area (Å²) in [6, 6.07) is 7.60. The van der Waals surface area contributed by atoms with Crippen LogP contribution in [0, 0.1) is 5.41 Å². The van der Waals surface area contributed by atoms with Crippen LogP contribution in [-0.2, 0) is 24.1 Å². The second-order valence-corrected chi connectivity index (χ2v) is 6.89. The summed E-state index contributed by atoms with van der Waals surface area (Å²) in [4.78, 5) is 0. The van der Waals surface area contributed by atoms with Gasteiger partial charge in [-0.05, 0) is 49.3 Å². The average Bonchev–Trinajstić information content (AvgIpc) is 2.89. The van der Waals surface area contributed by atoms with Gasteiger partial charge >= 0.3 is 0 Å². The first kappa shape index (κ1) is 14.1. The van der Waals surface area contributed by atoms with Gasteiger partial charge in [-0.25, -0.2) is 0 Å². The number of rotatable bonds is 5. The molecule has 0 aromatic heterocycles. The van der Waals surface area contributed by atoms with E-state index in [0.29, 0.717) is 12.1 Å². The molecule has 3 rings (SSSR count). The van der Waals surface area contributed by atoms with Crippen molar-refractivity contribution in [3.05, 3.63) is 34.9 Å². The van der Waals surface area contributed by atoms with Gasteiger partial charge in [0.15, 0.2) is 0 Å². The molecule has 2 atom stereocenters. The Morgan fingerprint density at radius 3 is 2.80 bits per heavy atom. The monoisotopic (exact) mass is 273 g/mol. The van der Waals surface area contributed by atoms with E-state index in [4.69, 9.17) is 4.74 Å². The fraction of sp³-hybridized carbons (Fsp3) is 0.667. The van der Waals surface area contributed by atoms with E-state index in [2.05, 4.69) is 44.3 Å². The normalized spacial score (nSPS) is 27.1. The Bertz CT molecular complexity index is 480. The smallest absolute Gasteiger partial charge is 0.0655 e. The molecule has 2 aliphatic carbocycles. The molecule has 0 aliphatic heterocycles. The van der Waals surface area contributed by atoms with E-state index in [1.54, 1.807) is 11.1 Å². The highest BCUT2D eigenvalue weighted by Gasteiger charge is 2.48. The molecule has 2 nitrogen and oxygen atoms in total. The molecule has 0 bridgehead atoms. The highest BCUT2D eigenvalue weighted by molar-refractivity contribution is 5.35. The molecule has 2 unspecified atom stereocenters. The molecular formula is C18H27NO. The molecule has 1 fully saturated rings. The SMILES string of the molecule is CCOC1CC(NCc2ccc3c(c2)CCC3)C1(C)C. The number of fused-ring (bicyclic) bond motifs is 1. The maximum Gasteiger partial charge on any atom is 0.0655 e. The summed E-state index contributed by atoms with van der Waals surface area (Å²) in [5.74, 6) is 0. The largest absolute Gasteiger partial charge is 0.378 e. The van der Waals surface area contributed by atoms with E-state index in [0.717, 1.165) is 19.6 Å². The third-order valence-electron chi connectivity index (χ3n) is 5.26. The van der Waals surface area contributed by atoms with Crippen molar-refractivity contribution in [3.8, 4) is 0 Å². The van der Waals surface area contributed by atoms with E-state index >= 15 is 0 Å². The second-order valence-electron chi connectivity index (χ2n) is 6.89. The summed E-state index contributed by atoms with van der Waals surface area (Å²) in [5.41, 5.74) is 4.83. The Labute approximate surface area is 122 Å². The minimum atomic E-state index is 0.257. The van der Waals surface area contributed by atoms with Crippen LogP contribution in [0.5, 0.6) is 0 Å². The van der Waals surface area contributed by atoms with E-state index in [1.807, 2.05) is 0 Å². The molecule has 0 amide bonds. The van der Waals surface area contributed by atoms with Gasteiger partial charge in [0, 0.05) is 24.6 Å². The highest BCUT2D eigenvalue weighted by atomic mass is 16.5. The van der Waals surface area contributed by atoms with Crippen LogP contribution in [0.1, 0.15) is 50.3 Å². The van der Waals surface area contributed by atoms with Crippen molar-refractivity contribution < 1.29 is 4.74 Å². The van der Waals surface area contributed by atoms with Crippen LogP contribution >= 0.6 is 0 Å². The lowest BCUT2D eigenvalue weighted by molar-refractivity contribution is -0.114. The summed E-state index contributed by atoms with van der Waals surface area (Å²) in [5, 5.41) is 3.73. The summed E-state index contributed by atoms with van der Waals surface area (Å²) < 4.78 is 5.80. The lowest BCUT2D eigenvalue weighted by Gasteiger charge is -2.52. The van der Waals surface area contributed by atoms with Crippen LogP contribution < -0.4 is 5.32 Å². The van der Waals surface area contributed by atoms with Crippen molar-refractivity contribution in [1.82, 2.24) is 5.32 Å². The predicted octanol–water partition coefficient (Wildman–Crippen LogP) is 3.47. The summed E-state index contributed by atoms with van der Waals surface area (Å²) in [7, 11) is 0. The minimum absolute atomic E-state index is 0.257. The van der Waals surface area contributed by atoms with Crippen molar-refractivity contribution in [2.75, 3.05) is 6.61 Å². The Kier molecular flexibility index (Phi) is 3.87. The van der Waals surface area contributed by atoms with Gasteiger partial charge in [0.2, 0.25) is 0 Å². The number of benzene rings is 1. The summed E-state index contributed by atoms with van der Waals surface area (Å²) in [6.45, 7) is 8.53. The van der Waals surface area contributed by atoms with Crippen LogP contribution in [-0.4, -0.2) is 18.8 Å². The van der Waals surface area contributed by atoms with Crippen LogP contribution in [0.2, 0.25) is 0 Å². The van der Waals surface area contributed by atoms with Crippen LogP contribution in [0.25, 0.3) is 0 Å². The molecule has 1 N–H and O–H groups in total. The Hall–Kier alpha value is -0.860. The fourth-order valence-corrected chi connectivity index (χ4v) is 3.69. The third kappa shape index (κ3) is 2.51. The molecule has 0 saturated heterocycles. The zero-order valence-corrected chi connectivity index (χ0v) is 13.0. The molecule has 1 aromatic carbocycles. The molecule has 2 aliphatic rings. The van der Waals surface area contributed by atoms with Gasteiger partial charge in [0.25, 0.3) is 0 Å². The quantitative estimate of drug-likeness (QED) is 0.887. The molecule has 20 heavy (non-hydrogen) atoms. The fourth-order valence-electron chi connectivity index (χ4n) is 3.69. The Morgan fingerprint density at radius 2 is 2.05 bits per heavy atom. The lowest BCUT2D eigenvalue weighted by Crippen LogP contribution is -2.60. The first-order valence-electron chi connectivity index (χ1n) is 8.07. The van der Waals surface area contributed by atoms with Gasteiger partial charge in [-0.2, -0.15) is 0 Å². The zero-order valence-electron chi connectivity index (χ0n) is 13.0. The maximum atomic E-state index is 5.80. The number of hydrogen-bond acceptors (Lipinski definition) is 2. The van der Waals surface area contributed by atoms with Crippen LogP contribution in [0.4, 0.5) is 0 Å². The average molecular weight is 273 g/mol. The Morgan fingerprint density at radius 1 is 1.25 bits per heavy atom. The molecule has 0 spiro atoms. The highest BCUT2D eigenvalue weighted by Crippen LogP contribution is 2.42. The second kappa shape index (κ2) is 5.50. The van der Waals surface area contributed by atoms with Crippen LogP contribution in [0.15, 0.2) is 18.2 Å². The molecule has 0 heterocycles. The van der Waals surface area contributed by atoms with Crippen molar-refractivity contribution in [3.63, 3.8) is 0 Å². The van der Waals surface area contributed by atoms with Gasteiger partial charge in [-0.1, -0.05) is 32.0 Å². The van der Waals surface area contributed by atoms with Crippen molar-refractivity contribution in [2.45, 2.75) is 65.1 Å². The van der Waals surface area contributed by atoms with E-state index in [1.165, 1.54) is 24.8 Å². The minimum Gasteiger partial charge on any atom is -0.378 e. The van der Waals surface area contributed by atoms with E-state index in [9.17, 15) is 0 Å². The van der Waals surface area contributed by atoms with Crippen LogP contribution in [0.3, 0.4) is 0 Å². The predicted molar refractivity (Wildman–Crippen MR) is 82.9 cm³/mol. The van der Waals surface area contributed by atoms with Crippen molar-refractivity contribution in [2.24, 2.45) is 5.41 Å². The first-order valence-corrected chi connectivity index (χ1v) is 8.07. The molecule has 110 valence electrons. The maximum absolute atomic E-state index is 5.80. The van der Waals surface area contributed by atoms with E-state index < -0.39 is 0 Å². The van der Waals surface area contributed by atoms with Gasteiger partial charge in [-0.15, -0.1) is 0 Å². The van der Waals surface area contributed by atoms with E-state index in [-0.39, 0.29) is 5.41 Å². The van der Waals surface area contributed by atoms with Gasteiger partial charge in [0.05, 0.1) is 6.10 Å². The van der Waals surface area contributed by atoms with Gasteiger partial charge in [0.1, 0.15) is 0 Å². The molecule has 0 radical (unpaired) electrons. The summed E-state index contributed by atoms with van der Waals surface area (Å²) >= 11 is 0. The lowest BCUT2D eigenvalue weighted by atomic mass is 9.64. The number of aryl methyl sites for hydroxylation is 2. The summed E-state index contributed by atoms with van der Waals surface area (Å²) in [6.07, 6.45) is 5.44. The molecule has 2 heteroatoms. The van der Waals surface area contributed by atoms with Crippen molar-refractivity contribution >= 4 is 0 Å². The number of nitrogens with one attached hydrogen (secondary N) is 1. The molecular weight excluding hydrogens is 246 g/mol. The van der Waals surface area contributed by atoms with Gasteiger partial charge < -0.3 is 10.1 Å². The topological polar surface area (TPSA) is 21.3 Å². The molecule has 1 saturated carbocycles. The third-order valence-corrected chi connectivity index (χ3v) is 5.26. The number of ether oxygens (including phenoxy) is 1.